The molecule has 0 fully saturated rings. The van der Waals surface area contributed by atoms with Crippen LogP contribution in [0.5, 0.6) is 0 Å². The molecule has 16 heavy (non-hydrogen) atoms. The van der Waals surface area contributed by atoms with Crippen molar-refractivity contribution in [1.29, 1.82) is 0 Å². The van der Waals surface area contributed by atoms with Crippen LogP contribution in [0.2, 0.25) is 0 Å². The van der Waals surface area contributed by atoms with E-state index in [1.807, 2.05) is 18.4 Å². The average molecular weight is 235 g/mol. The average Bonchev–Trinajstić information content (AvgIpc) is 2.88. The predicted molar refractivity (Wildman–Crippen MR) is 63.6 cm³/mol. The molecule has 2 rings (SSSR count). The van der Waals surface area contributed by atoms with Crippen molar-refractivity contribution < 1.29 is 4.79 Å². The summed E-state index contributed by atoms with van der Waals surface area (Å²) >= 11 is 1.71. The van der Waals surface area contributed by atoms with Crippen LogP contribution >= 0.6 is 11.3 Å². The molecule has 2 aromatic rings. The first-order chi connectivity index (χ1) is 7.75. The lowest BCUT2D eigenvalue weighted by Crippen LogP contribution is -2.36. The number of thiophene rings is 1. The molecule has 0 aliphatic carbocycles. The smallest absolute Gasteiger partial charge is 0.327 e. The van der Waals surface area contributed by atoms with E-state index in [2.05, 4.69) is 16.4 Å². The molecule has 5 heteroatoms. The summed E-state index contributed by atoms with van der Waals surface area (Å²) < 4.78 is 1.44. The minimum Gasteiger partial charge on any atom is -0.335 e. The van der Waals surface area contributed by atoms with Crippen LogP contribution in [0.3, 0.4) is 0 Å². The zero-order chi connectivity index (χ0) is 11.4. The molecule has 1 atom stereocenters. The first-order valence-electron chi connectivity index (χ1n) is 5.07. The Morgan fingerprint density at radius 1 is 1.69 bits per heavy atom. The van der Waals surface area contributed by atoms with E-state index < -0.39 is 0 Å². The van der Waals surface area contributed by atoms with Crippen molar-refractivity contribution in [3.63, 3.8) is 0 Å². The van der Waals surface area contributed by atoms with Gasteiger partial charge in [-0.2, -0.15) is 0 Å². The highest BCUT2D eigenvalue weighted by atomic mass is 32.1. The third-order valence-electron chi connectivity index (χ3n) is 2.20. The van der Waals surface area contributed by atoms with E-state index in [0.717, 1.165) is 6.42 Å². The van der Waals surface area contributed by atoms with E-state index >= 15 is 0 Å². The van der Waals surface area contributed by atoms with Crippen LogP contribution in [0.4, 0.5) is 4.79 Å². The topological polar surface area (TPSA) is 46.9 Å². The van der Waals surface area contributed by atoms with Crippen molar-refractivity contribution in [3.05, 3.63) is 41.1 Å². The van der Waals surface area contributed by atoms with Gasteiger partial charge in [0.15, 0.2) is 0 Å². The summed E-state index contributed by atoms with van der Waals surface area (Å²) in [6.45, 7) is 1.99. The molecule has 0 saturated heterocycles. The van der Waals surface area contributed by atoms with Crippen LogP contribution in [-0.4, -0.2) is 21.6 Å². The van der Waals surface area contributed by atoms with E-state index in [9.17, 15) is 4.79 Å². The highest BCUT2D eigenvalue weighted by molar-refractivity contribution is 7.09. The van der Waals surface area contributed by atoms with Crippen molar-refractivity contribution in [1.82, 2.24) is 14.9 Å². The monoisotopic (exact) mass is 235 g/mol. The number of amides is 1. The number of carbonyl (C=O) groups excluding carboxylic acids is 1. The lowest BCUT2D eigenvalue weighted by molar-refractivity contribution is 0.239. The second-order valence-corrected chi connectivity index (χ2v) is 4.64. The van der Waals surface area contributed by atoms with Gasteiger partial charge in [-0.15, -0.1) is 11.3 Å². The largest absolute Gasteiger partial charge is 0.335 e. The Kier molecular flexibility index (Phi) is 3.36. The number of hydrogen-bond donors (Lipinski definition) is 1. The van der Waals surface area contributed by atoms with Crippen LogP contribution in [0, 0.1) is 0 Å². The molecule has 1 amide bonds. The molecule has 0 radical (unpaired) electrons. The molecule has 0 saturated carbocycles. The molecule has 0 spiro atoms. The molecule has 84 valence electrons. The van der Waals surface area contributed by atoms with Gasteiger partial charge in [-0.05, 0) is 18.4 Å². The van der Waals surface area contributed by atoms with Gasteiger partial charge in [-0.1, -0.05) is 6.07 Å². The van der Waals surface area contributed by atoms with Gasteiger partial charge in [0.1, 0.15) is 6.33 Å². The zero-order valence-electron chi connectivity index (χ0n) is 8.96. The van der Waals surface area contributed by atoms with Crippen molar-refractivity contribution in [3.8, 4) is 0 Å². The number of rotatable bonds is 3. The molecule has 2 heterocycles. The number of nitrogens with zero attached hydrogens (tertiary/aromatic N) is 2. The fourth-order valence-electron chi connectivity index (χ4n) is 1.45. The van der Waals surface area contributed by atoms with Crippen LogP contribution < -0.4 is 5.32 Å². The molecule has 0 aromatic carbocycles. The lowest BCUT2D eigenvalue weighted by Gasteiger charge is -2.12. The zero-order valence-corrected chi connectivity index (χ0v) is 9.78. The normalized spacial score (nSPS) is 12.3. The fraction of sp³-hybridized carbons (Fsp3) is 0.273. The molecule has 2 aromatic heterocycles. The summed E-state index contributed by atoms with van der Waals surface area (Å²) in [5.74, 6) is 0. The minimum atomic E-state index is -0.137. The third kappa shape index (κ3) is 2.70. The van der Waals surface area contributed by atoms with E-state index in [1.165, 1.54) is 15.8 Å². The Morgan fingerprint density at radius 3 is 3.19 bits per heavy atom. The third-order valence-corrected chi connectivity index (χ3v) is 3.09. The van der Waals surface area contributed by atoms with Crippen LogP contribution in [0.1, 0.15) is 11.8 Å². The lowest BCUT2D eigenvalue weighted by atomic mass is 10.2. The maximum atomic E-state index is 11.7. The summed E-state index contributed by atoms with van der Waals surface area (Å²) in [5.41, 5.74) is 0. The van der Waals surface area contributed by atoms with Gasteiger partial charge in [0.25, 0.3) is 0 Å². The van der Waals surface area contributed by atoms with Crippen molar-refractivity contribution >= 4 is 17.4 Å². The molecule has 1 N–H and O–H groups in total. The maximum absolute atomic E-state index is 11.7. The second-order valence-electron chi connectivity index (χ2n) is 3.60. The second kappa shape index (κ2) is 4.94. The summed E-state index contributed by atoms with van der Waals surface area (Å²) in [4.78, 5) is 16.8. The molecule has 1 unspecified atom stereocenters. The summed E-state index contributed by atoms with van der Waals surface area (Å²) in [6, 6.07) is 4.07. The van der Waals surface area contributed by atoms with E-state index in [0.29, 0.717) is 0 Å². The maximum Gasteiger partial charge on any atom is 0.327 e. The number of carbonyl (C=O) groups is 1. The van der Waals surface area contributed by atoms with Gasteiger partial charge < -0.3 is 5.32 Å². The summed E-state index contributed by atoms with van der Waals surface area (Å²) in [6.07, 6.45) is 5.57. The molecule has 0 aliphatic heterocycles. The quantitative estimate of drug-likeness (QED) is 0.886. The van der Waals surface area contributed by atoms with Gasteiger partial charge in [0, 0.05) is 29.7 Å². The fourth-order valence-corrected chi connectivity index (χ4v) is 2.28. The van der Waals surface area contributed by atoms with Gasteiger partial charge in [-0.25, -0.2) is 9.78 Å². The summed E-state index contributed by atoms with van der Waals surface area (Å²) in [7, 11) is 0. The Bertz CT molecular complexity index is 436. The Morgan fingerprint density at radius 2 is 2.56 bits per heavy atom. The van der Waals surface area contributed by atoms with Crippen LogP contribution in [-0.2, 0) is 6.42 Å². The SMILES string of the molecule is CC(Cc1cccs1)NC(=O)n1ccnc1. The molecular weight excluding hydrogens is 222 g/mol. The first-order valence-corrected chi connectivity index (χ1v) is 5.95. The molecule has 4 nitrogen and oxygen atoms in total. The van der Waals surface area contributed by atoms with E-state index in [-0.39, 0.29) is 12.1 Å². The highest BCUT2D eigenvalue weighted by Gasteiger charge is 2.09. The van der Waals surface area contributed by atoms with Gasteiger partial charge >= 0.3 is 6.03 Å². The Labute approximate surface area is 97.9 Å². The van der Waals surface area contributed by atoms with Gasteiger partial charge in [0.2, 0.25) is 0 Å². The van der Waals surface area contributed by atoms with E-state index in [1.54, 1.807) is 23.7 Å². The Balaban J connectivity index is 1.88. The number of aromatic nitrogens is 2. The predicted octanol–water partition coefficient (Wildman–Crippen LogP) is 2.13. The van der Waals surface area contributed by atoms with Crippen LogP contribution in [0.15, 0.2) is 36.2 Å². The first kappa shape index (κ1) is 10.9. The highest BCUT2D eigenvalue weighted by Crippen LogP contribution is 2.10. The molecular formula is C11H13N3OS. The number of hydrogen-bond acceptors (Lipinski definition) is 3. The molecule has 0 aliphatic rings. The van der Waals surface area contributed by atoms with Crippen molar-refractivity contribution in [2.24, 2.45) is 0 Å². The Hall–Kier alpha value is -1.62. The number of imidazole rings is 1. The standard InChI is InChI=1S/C11H13N3OS/c1-9(7-10-3-2-6-16-10)13-11(15)14-5-4-12-8-14/h2-6,8-9H,7H2,1H3,(H,13,15). The molecule has 0 bridgehead atoms. The minimum absolute atomic E-state index is 0.119. The summed E-state index contributed by atoms with van der Waals surface area (Å²) in [5, 5.41) is 4.95. The van der Waals surface area contributed by atoms with Crippen LogP contribution in [0.25, 0.3) is 0 Å². The number of nitrogens with one attached hydrogen (secondary N) is 1. The van der Waals surface area contributed by atoms with Gasteiger partial charge in [0.05, 0.1) is 0 Å². The van der Waals surface area contributed by atoms with Crippen molar-refractivity contribution in [2.75, 3.05) is 0 Å². The van der Waals surface area contributed by atoms with Crippen molar-refractivity contribution in [2.45, 2.75) is 19.4 Å². The van der Waals surface area contributed by atoms with E-state index in [4.69, 9.17) is 0 Å². The van der Waals surface area contributed by atoms with Gasteiger partial charge in [-0.3, -0.25) is 4.57 Å².